The maximum Gasteiger partial charge on any atom is 0.0887 e. The quantitative estimate of drug-likeness (QED) is 0.511. The summed E-state index contributed by atoms with van der Waals surface area (Å²) < 4.78 is 0. The monoisotopic (exact) mass is 339 g/mol. The molecule has 0 fully saturated rings. The average molecular weight is 339 g/mol. The number of para-hydroxylation sites is 1. The molecular formula is C23H21N3. The van der Waals surface area contributed by atoms with E-state index in [9.17, 15) is 0 Å². The van der Waals surface area contributed by atoms with E-state index < -0.39 is 0 Å². The first-order valence-corrected chi connectivity index (χ1v) is 8.42. The van der Waals surface area contributed by atoms with Crippen LogP contribution in [0, 0.1) is 6.92 Å². The van der Waals surface area contributed by atoms with Gasteiger partial charge in [-0.15, -0.1) is 0 Å². The second-order valence-corrected chi connectivity index (χ2v) is 5.98. The molecule has 0 unspecified atom stereocenters. The Morgan fingerprint density at radius 2 is 1.69 bits per heavy atom. The Kier molecular flexibility index (Phi) is 5.40. The Hall–Kier alpha value is -3.46. The van der Waals surface area contributed by atoms with Crippen molar-refractivity contribution in [3.8, 4) is 0 Å². The van der Waals surface area contributed by atoms with E-state index in [-0.39, 0.29) is 0 Å². The molecule has 1 heterocycles. The van der Waals surface area contributed by atoms with Gasteiger partial charge in [0.05, 0.1) is 17.1 Å². The van der Waals surface area contributed by atoms with Gasteiger partial charge in [-0.3, -0.25) is 4.99 Å². The zero-order valence-electron chi connectivity index (χ0n) is 14.8. The van der Waals surface area contributed by atoms with Crippen LogP contribution in [0.3, 0.4) is 0 Å². The van der Waals surface area contributed by atoms with Crippen molar-refractivity contribution in [3.05, 3.63) is 101 Å². The molecular weight excluding hydrogens is 318 g/mol. The second-order valence-electron chi connectivity index (χ2n) is 5.98. The molecule has 0 bridgehead atoms. The van der Waals surface area contributed by atoms with Crippen molar-refractivity contribution in [3.63, 3.8) is 0 Å². The fraction of sp³-hybridized carbons (Fsp3) is 0.0435. The molecule has 3 nitrogen and oxygen atoms in total. The number of hydrogen-bond donors (Lipinski definition) is 1. The van der Waals surface area contributed by atoms with Gasteiger partial charge in [0.15, 0.2) is 0 Å². The molecule has 3 rings (SSSR count). The summed E-state index contributed by atoms with van der Waals surface area (Å²) in [4.78, 5) is 9.12. The largest absolute Gasteiger partial charge is 0.398 e. The number of benzene rings is 2. The van der Waals surface area contributed by atoms with E-state index in [0.717, 1.165) is 28.1 Å². The van der Waals surface area contributed by atoms with Gasteiger partial charge in [-0.05, 0) is 36.3 Å². The number of aryl methyl sites for hydroxylation is 1. The summed E-state index contributed by atoms with van der Waals surface area (Å²) in [6.07, 6.45) is 5.79. The number of nitrogens with two attached hydrogens (primary N) is 1. The van der Waals surface area contributed by atoms with Crippen LogP contribution in [0.15, 0.2) is 78.3 Å². The van der Waals surface area contributed by atoms with Crippen molar-refractivity contribution in [2.24, 2.45) is 4.99 Å². The molecule has 0 aliphatic rings. The highest BCUT2D eigenvalue weighted by atomic mass is 14.8. The maximum atomic E-state index is 5.94. The van der Waals surface area contributed by atoms with Gasteiger partial charge in [0.1, 0.15) is 0 Å². The number of hydrogen-bond acceptors (Lipinski definition) is 3. The predicted octanol–water partition coefficient (Wildman–Crippen LogP) is 5.23. The molecule has 0 saturated heterocycles. The number of pyridine rings is 1. The summed E-state index contributed by atoms with van der Waals surface area (Å²) in [6, 6.07) is 21.7. The second kappa shape index (κ2) is 8.08. The lowest BCUT2D eigenvalue weighted by Crippen LogP contribution is -1.95. The van der Waals surface area contributed by atoms with Crippen LogP contribution in [0.25, 0.3) is 17.8 Å². The molecule has 0 saturated carbocycles. The van der Waals surface area contributed by atoms with E-state index in [4.69, 9.17) is 10.7 Å². The number of nitrogen functional groups attached to an aromatic ring is 1. The molecule has 0 atom stereocenters. The Labute approximate surface area is 154 Å². The third-order valence-corrected chi connectivity index (χ3v) is 4.02. The van der Waals surface area contributed by atoms with Crippen molar-refractivity contribution in [1.29, 1.82) is 0 Å². The minimum Gasteiger partial charge on any atom is -0.398 e. The lowest BCUT2D eigenvalue weighted by molar-refractivity contribution is 1.19. The van der Waals surface area contributed by atoms with Crippen molar-refractivity contribution in [1.82, 2.24) is 4.98 Å². The Morgan fingerprint density at radius 1 is 0.962 bits per heavy atom. The highest BCUT2D eigenvalue weighted by Crippen LogP contribution is 2.17. The third kappa shape index (κ3) is 4.33. The van der Waals surface area contributed by atoms with E-state index >= 15 is 0 Å². The summed E-state index contributed by atoms with van der Waals surface area (Å²) >= 11 is 0. The molecule has 2 N–H and O–H groups in total. The highest BCUT2D eigenvalue weighted by Gasteiger charge is 2.03. The van der Waals surface area contributed by atoms with Crippen LogP contribution in [0.5, 0.6) is 0 Å². The fourth-order valence-electron chi connectivity index (χ4n) is 2.46. The van der Waals surface area contributed by atoms with E-state index in [1.54, 1.807) is 6.21 Å². The number of anilines is 1. The first kappa shape index (κ1) is 17.4. The summed E-state index contributed by atoms with van der Waals surface area (Å²) in [5.41, 5.74) is 12.0. The minimum absolute atomic E-state index is 0.600. The number of aliphatic imine (C=N–C) groups is 1. The molecule has 3 aromatic rings. The number of nitrogens with zero attached hydrogens (tertiary/aromatic N) is 2. The molecule has 0 aliphatic carbocycles. The van der Waals surface area contributed by atoms with E-state index in [1.807, 2.05) is 67.6 Å². The minimum atomic E-state index is 0.600. The summed E-state index contributed by atoms with van der Waals surface area (Å²) in [6.45, 7) is 6.07. The normalized spacial score (nSPS) is 11.3. The summed E-state index contributed by atoms with van der Waals surface area (Å²) in [5.74, 6) is 0. The first-order valence-electron chi connectivity index (χ1n) is 8.42. The molecule has 26 heavy (non-hydrogen) atoms. The van der Waals surface area contributed by atoms with Gasteiger partial charge in [-0.1, -0.05) is 67.3 Å². The van der Waals surface area contributed by atoms with Gasteiger partial charge in [0.25, 0.3) is 0 Å². The van der Waals surface area contributed by atoms with Crippen molar-refractivity contribution >= 4 is 29.8 Å². The van der Waals surface area contributed by atoms with E-state index in [1.165, 1.54) is 0 Å². The van der Waals surface area contributed by atoms with Crippen LogP contribution in [-0.2, 0) is 0 Å². The molecule has 0 aliphatic heterocycles. The van der Waals surface area contributed by atoms with Gasteiger partial charge in [0, 0.05) is 17.5 Å². The molecule has 0 radical (unpaired) electrons. The fourth-order valence-corrected chi connectivity index (χ4v) is 2.46. The molecule has 0 spiro atoms. The van der Waals surface area contributed by atoms with Crippen LogP contribution >= 0.6 is 0 Å². The van der Waals surface area contributed by atoms with Gasteiger partial charge in [0.2, 0.25) is 0 Å². The average Bonchev–Trinajstić information content (AvgIpc) is 2.67. The maximum absolute atomic E-state index is 5.94. The highest BCUT2D eigenvalue weighted by molar-refractivity contribution is 5.90. The number of rotatable bonds is 5. The molecule has 3 heteroatoms. The summed E-state index contributed by atoms with van der Waals surface area (Å²) in [7, 11) is 0. The molecule has 2 aromatic carbocycles. The van der Waals surface area contributed by atoms with E-state index in [2.05, 4.69) is 29.8 Å². The smallest absolute Gasteiger partial charge is 0.0887 e. The Balaban J connectivity index is 1.81. The molecule has 128 valence electrons. The van der Waals surface area contributed by atoms with Crippen LogP contribution in [0.4, 0.5) is 5.69 Å². The molecule has 1 aromatic heterocycles. The van der Waals surface area contributed by atoms with Crippen molar-refractivity contribution in [2.45, 2.75) is 6.92 Å². The topological polar surface area (TPSA) is 51.3 Å². The van der Waals surface area contributed by atoms with Gasteiger partial charge >= 0.3 is 0 Å². The Morgan fingerprint density at radius 3 is 2.46 bits per heavy atom. The summed E-state index contributed by atoms with van der Waals surface area (Å²) in [5, 5.41) is 0. The third-order valence-electron chi connectivity index (χ3n) is 4.02. The van der Waals surface area contributed by atoms with Gasteiger partial charge in [-0.2, -0.15) is 0 Å². The zero-order valence-corrected chi connectivity index (χ0v) is 14.8. The van der Waals surface area contributed by atoms with Crippen LogP contribution < -0.4 is 5.73 Å². The SMILES string of the molecule is C=C(/N=C\c1ccccc1N)c1ccc(C)c(/C=C\c2ccccc2)n1. The predicted molar refractivity (Wildman–Crippen MR) is 112 cm³/mol. The molecule has 0 amide bonds. The zero-order chi connectivity index (χ0) is 18.4. The first-order chi connectivity index (χ1) is 12.6. The van der Waals surface area contributed by atoms with Crippen LogP contribution in [0.2, 0.25) is 0 Å². The standard InChI is InChI=1S/C23H21N3/c1-17-12-14-23(18(2)25-16-20-10-6-7-11-21(20)24)26-22(17)15-13-19-8-4-3-5-9-19/h3-16H,2,24H2,1H3/b15-13-,25-16-. The number of aromatic nitrogens is 1. The lowest BCUT2D eigenvalue weighted by atomic mass is 10.1. The van der Waals surface area contributed by atoms with E-state index in [0.29, 0.717) is 11.4 Å². The van der Waals surface area contributed by atoms with Gasteiger partial charge in [-0.25, -0.2) is 4.98 Å². The van der Waals surface area contributed by atoms with Gasteiger partial charge < -0.3 is 5.73 Å². The van der Waals surface area contributed by atoms with Crippen molar-refractivity contribution < 1.29 is 0 Å². The van der Waals surface area contributed by atoms with Crippen molar-refractivity contribution in [2.75, 3.05) is 5.73 Å². The Bertz CT molecular complexity index is 970. The van der Waals surface area contributed by atoms with Crippen LogP contribution in [-0.4, -0.2) is 11.2 Å². The lowest BCUT2D eigenvalue weighted by Gasteiger charge is -2.05. The van der Waals surface area contributed by atoms with Crippen LogP contribution in [0.1, 0.15) is 28.1 Å².